The van der Waals surface area contributed by atoms with E-state index in [1.54, 1.807) is 0 Å². The van der Waals surface area contributed by atoms with Gasteiger partial charge in [0.15, 0.2) is 5.78 Å². The Morgan fingerprint density at radius 2 is 1.73 bits per heavy atom. The summed E-state index contributed by atoms with van der Waals surface area (Å²) in [7, 11) is -2.18. The highest BCUT2D eigenvalue weighted by molar-refractivity contribution is 7.89. The van der Waals surface area contributed by atoms with Crippen molar-refractivity contribution in [3.8, 4) is 0 Å². The lowest BCUT2D eigenvalue weighted by Crippen LogP contribution is -2.48. The Labute approximate surface area is 161 Å². The van der Waals surface area contributed by atoms with Crippen molar-refractivity contribution < 1.29 is 18.0 Å². The molecule has 0 spiro atoms. The topological polar surface area (TPSA) is 110 Å². The molecule has 0 aliphatic heterocycles. The second kappa shape index (κ2) is 10.0. The maximum atomic E-state index is 12.5. The summed E-state index contributed by atoms with van der Waals surface area (Å²) in [5.74, 6) is -0.282. The van der Waals surface area contributed by atoms with Crippen LogP contribution in [0.4, 0.5) is 0 Å². The molecular formula is C17H28ClN3O4S. The molecule has 0 unspecified atom stereocenters. The molecule has 0 bridgehead atoms. The van der Waals surface area contributed by atoms with Crippen molar-refractivity contribution in [3.05, 3.63) is 29.8 Å². The van der Waals surface area contributed by atoms with E-state index in [-0.39, 0.29) is 42.0 Å². The Bertz CT molecular complexity index is 718. The van der Waals surface area contributed by atoms with Gasteiger partial charge in [0.05, 0.1) is 4.90 Å². The standard InChI is InChI=1S/C17H27N3O4S.ClH/c1-13(21)14-7-9-15(10-8-14)25(23,24)20(4)11-5-6-16(22)19-17(2,3)12-18;/h7-10H,5-6,11-12,18H2,1-4H3,(H,19,22);1H. The van der Waals surface area contributed by atoms with Gasteiger partial charge in [0.1, 0.15) is 0 Å². The van der Waals surface area contributed by atoms with Crippen LogP contribution in [0.1, 0.15) is 44.0 Å². The zero-order chi connectivity index (χ0) is 19.3. The summed E-state index contributed by atoms with van der Waals surface area (Å²) in [4.78, 5) is 23.2. The highest BCUT2D eigenvalue weighted by atomic mass is 35.5. The predicted molar refractivity (Wildman–Crippen MR) is 104 cm³/mol. The number of rotatable bonds is 9. The molecule has 0 atom stereocenters. The van der Waals surface area contributed by atoms with Gasteiger partial charge in [-0.3, -0.25) is 9.59 Å². The normalized spacial score (nSPS) is 11.8. The van der Waals surface area contributed by atoms with Gasteiger partial charge >= 0.3 is 0 Å². The van der Waals surface area contributed by atoms with Crippen molar-refractivity contribution in [1.82, 2.24) is 9.62 Å². The Morgan fingerprint density at radius 3 is 2.19 bits per heavy atom. The first kappa shape index (κ1) is 24.5. The molecule has 0 aliphatic carbocycles. The molecule has 1 aromatic carbocycles. The molecule has 0 aliphatic rings. The van der Waals surface area contributed by atoms with Gasteiger partial charge in [0.2, 0.25) is 15.9 Å². The van der Waals surface area contributed by atoms with Crippen LogP contribution in [-0.2, 0) is 14.8 Å². The van der Waals surface area contributed by atoms with E-state index in [1.165, 1.54) is 42.5 Å². The number of benzene rings is 1. The monoisotopic (exact) mass is 405 g/mol. The van der Waals surface area contributed by atoms with Crippen molar-refractivity contribution in [2.45, 2.75) is 44.0 Å². The summed E-state index contributed by atoms with van der Waals surface area (Å²) < 4.78 is 26.2. The fraction of sp³-hybridized carbons (Fsp3) is 0.529. The van der Waals surface area contributed by atoms with E-state index in [9.17, 15) is 18.0 Å². The molecule has 0 fully saturated rings. The first-order valence-electron chi connectivity index (χ1n) is 8.08. The molecule has 9 heteroatoms. The first-order valence-corrected chi connectivity index (χ1v) is 9.52. The number of halogens is 1. The molecule has 7 nitrogen and oxygen atoms in total. The Hall–Kier alpha value is -1.48. The molecule has 1 amide bonds. The number of hydrogen-bond acceptors (Lipinski definition) is 5. The Kier molecular flexibility index (Phi) is 9.44. The van der Waals surface area contributed by atoms with E-state index >= 15 is 0 Å². The van der Waals surface area contributed by atoms with Gasteiger partial charge in [-0.05, 0) is 39.3 Å². The minimum atomic E-state index is -3.65. The van der Waals surface area contributed by atoms with Gasteiger partial charge in [0.25, 0.3) is 0 Å². The lowest BCUT2D eigenvalue weighted by Gasteiger charge is -2.24. The molecule has 1 rings (SSSR count). The SMILES string of the molecule is CC(=O)c1ccc(S(=O)(=O)N(C)CCCC(=O)NC(C)(C)CN)cc1.Cl. The van der Waals surface area contributed by atoms with Crippen molar-refractivity contribution in [2.24, 2.45) is 5.73 Å². The van der Waals surface area contributed by atoms with E-state index in [2.05, 4.69) is 5.32 Å². The van der Waals surface area contributed by atoms with Crippen LogP contribution >= 0.6 is 12.4 Å². The van der Waals surface area contributed by atoms with Crippen molar-refractivity contribution in [1.29, 1.82) is 0 Å². The zero-order valence-electron chi connectivity index (χ0n) is 15.6. The average molecular weight is 406 g/mol. The summed E-state index contributed by atoms with van der Waals surface area (Å²) in [6.45, 7) is 5.61. The number of hydrogen-bond donors (Lipinski definition) is 2. The Morgan fingerprint density at radius 1 is 1.19 bits per heavy atom. The van der Waals surface area contributed by atoms with Crippen LogP contribution in [0.25, 0.3) is 0 Å². The van der Waals surface area contributed by atoms with E-state index in [1.807, 2.05) is 13.8 Å². The second-order valence-electron chi connectivity index (χ2n) is 6.65. The molecule has 0 radical (unpaired) electrons. The molecule has 1 aromatic rings. The summed E-state index contributed by atoms with van der Waals surface area (Å²) in [5, 5.41) is 2.80. The van der Waals surface area contributed by atoms with Gasteiger partial charge < -0.3 is 11.1 Å². The van der Waals surface area contributed by atoms with Crippen molar-refractivity contribution in [3.63, 3.8) is 0 Å². The van der Waals surface area contributed by atoms with Crippen LogP contribution in [0.3, 0.4) is 0 Å². The molecular weight excluding hydrogens is 378 g/mol. The molecule has 0 saturated heterocycles. The van der Waals surface area contributed by atoms with Crippen molar-refractivity contribution >= 4 is 34.1 Å². The molecule has 3 N–H and O–H groups in total. The number of nitrogens with two attached hydrogens (primary N) is 1. The van der Waals surface area contributed by atoms with Gasteiger partial charge in [0, 0.05) is 37.7 Å². The lowest BCUT2D eigenvalue weighted by atomic mass is 10.1. The average Bonchev–Trinajstić information content (AvgIpc) is 2.54. The molecule has 0 aromatic heterocycles. The minimum absolute atomic E-state index is 0. The van der Waals surface area contributed by atoms with E-state index in [0.717, 1.165) is 0 Å². The van der Waals surface area contributed by atoms with Crippen LogP contribution in [0, 0.1) is 0 Å². The van der Waals surface area contributed by atoms with Gasteiger partial charge in [-0.1, -0.05) is 12.1 Å². The van der Waals surface area contributed by atoms with E-state index in [4.69, 9.17) is 5.73 Å². The third-order valence-electron chi connectivity index (χ3n) is 3.83. The van der Waals surface area contributed by atoms with Crippen LogP contribution in [-0.4, -0.2) is 50.1 Å². The number of carbonyl (C=O) groups excluding carboxylic acids is 2. The highest BCUT2D eigenvalue weighted by Crippen LogP contribution is 2.16. The maximum Gasteiger partial charge on any atom is 0.242 e. The number of carbonyl (C=O) groups is 2. The smallest absolute Gasteiger partial charge is 0.242 e. The summed E-state index contributed by atoms with van der Waals surface area (Å²) >= 11 is 0. The number of Topliss-reactive ketones (excluding diaryl/α,β-unsaturated/α-hetero) is 1. The van der Waals surface area contributed by atoms with Gasteiger partial charge in [-0.15, -0.1) is 12.4 Å². The minimum Gasteiger partial charge on any atom is -0.350 e. The number of ketones is 1. The summed E-state index contributed by atoms with van der Waals surface area (Å²) in [6, 6.07) is 5.81. The highest BCUT2D eigenvalue weighted by Gasteiger charge is 2.22. The lowest BCUT2D eigenvalue weighted by molar-refractivity contribution is -0.122. The third-order valence-corrected chi connectivity index (χ3v) is 5.71. The van der Waals surface area contributed by atoms with Gasteiger partial charge in [-0.2, -0.15) is 0 Å². The number of sulfonamides is 1. The molecule has 0 heterocycles. The largest absolute Gasteiger partial charge is 0.350 e. The fourth-order valence-corrected chi connectivity index (χ4v) is 3.32. The van der Waals surface area contributed by atoms with Crippen LogP contribution in [0.2, 0.25) is 0 Å². The quantitative estimate of drug-likeness (QED) is 0.606. The van der Waals surface area contributed by atoms with E-state index < -0.39 is 15.6 Å². The Balaban J connectivity index is 0.00000625. The molecule has 0 saturated carbocycles. The summed E-state index contributed by atoms with van der Waals surface area (Å²) in [6.07, 6.45) is 0.611. The third kappa shape index (κ3) is 7.03. The van der Waals surface area contributed by atoms with Crippen LogP contribution < -0.4 is 11.1 Å². The molecule has 148 valence electrons. The van der Waals surface area contributed by atoms with Crippen molar-refractivity contribution in [2.75, 3.05) is 20.1 Å². The number of nitrogens with zero attached hydrogens (tertiary/aromatic N) is 1. The maximum absolute atomic E-state index is 12.5. The van der Waals surface area contributed by atoms with Crippen LogP contribution in [0.5, 0.6) is 0 Å². The van der Waals surface area contributed by atoms with Gasteiger partial charge in [-0.25, -0.2) is 12.7 Å². The number of amides is 1. The second-order valence-corrected chi connectivity index (χ2v) is 8.69. The predicted octanol–water partition coefficient (Wildman–Crippen LogP) is 1.57. The summed E-state index contributed by atoms with van der Waals surface area (Å²) in [5.41, 5.74) is 5.54. The zero-order valence-corrected chi connectivity index (χ0v) is 17.2. The van der Waals surface area contributed by atoms with E-state index in [0.29, 0.717) is 18.5 Å². The molecule has 26 heavy (non-hydrogen) atoms. The number of nitrogens with one attached hydrogen (secondary N) is 1. The van der Waals surface area contributed by atoms with Crippen LogP contribution in [0.15, 0.2) is 29.2 Å². The first-order chi connectivity index (χ1) is 11.5. The fourth-order valence-electron chi connectivity index (χ4n) is 2.11.